The quantitative estimate of drug-likeness (QED) is 0.907. The van der Waals surface area contributed by atoms with Crippen LogP contribution in [-0.2, 0) is 6.61 Å². The standard InChI is InChI=1S/C16H20N2O/c1-11(2)14-7-5-13(6-8-14)10-19-15-9-4-12(3)18-16(15)17/h4-9,11H,10H2,1-3H3,(H2,17,18). The Morgan fingerprint density at radius 1 is 1.11 bits per heavy atom. The van der Waals surface area contributed by atoms with E-state index in [0.29, 0.717) is 24.1 Å². The highest BCUT2D eigenvalue weighted by atomic mass is 16.5. The molecule has 0 atom stereocenters. The molecule has 0 spiro atoms. The van der Waals surface area contributed by atoms with E-state index >= 15 is 0 Å². The van der Waals surface area contributed by atoms with Crippen LogP contribution >= 0.6 is 0 Å². The van der Waals surface area contributed by atoms with Crippen molar-refractivity contribution in [2.45, 2.75) is 33.3 Å². The molecule has 0 aliphatic carbocycles. The number of rotatable bonds is 4. The zero-order valence-corrected chi connectivity index (χ0v) is 11.7. The molecule has 100 valence electrons. The average Bonchev–Trinajstić information content (AvgIpc) is 2.38. The van der Waals surface area contributed by atoms with Gasteiger partial charge in [0.2, 0.25) is 0 Å². The Hall–Kier alpha value is -2.03. The second kappa shape index (κ2) is 5.74. The van der Waals surface area contributed by atoms with E-state index in [4.69, 9.17) is 10.5 Å². The molecule has 2 aromatic rings. The van der Waals surface area contributed by atoms with Crippen LogP contribution in [0.15, 0.2) is 36.4 Å². The molecule has 0 fully saturated rings. The number of nitrogen functional groups attached to an aromatic ring is 1. The van der Waals surface area contributed by atoms with Gasteiger partial charge < -0.3 is 10.5 Å². The van der Waals surface area contributed by atoms with E-state index in [1.54, 1.807) is 0 Å². The van der Waals surface area contributed by atoms with Gasteiger partial charge in [-0.3, -0.25) is 0 Å². The summed E-state index contributed by atoms with van der Waals surface area (Å²) >= 11 is 0. The van der Waals surface area contributed by atoms with Crippen LogP contribution in [-0.4, -0.2) is 4.98 Å². The van der Waals surface area contributed by atoms with Crippen molar-refractivity contribution in [3.05, 3.63) is 53.2 Å². The molecule has 0 unspecified atom stereocenters. The number of aromatic nitrogens is 1. The van der Waals surface area contributed by atoms with Crippen molar-refractivity contribution < 1.29 is 4.74 Å². The van der Waals surface area contributed by atoms with Crippen LogP contribution in [0.2, 0.25) is 0 Å². The van der Waals surface area contributed by atoms with Gasteiger partial charge >= 0.3 is 0 Å². The minimum absolute atomic E-state index is 0.443. The van der Waals surface area contributed by atoms with Crippen LogP contribution in [0.4, 0.5) is 5.82 Å². The molecule has 2 rings (SSSR count). The van der Waals surface area contributed by atoms with Crippen molar-refractivity contribution >= 4 is 5.82 Å². The number of hydrogen-bond acceptors (Lipinski definition) is 3. The molecule has 2 N–H and O–H groups in total. The maximum Gasteiger partial charge on any atom is 0.166 e. The van der Waals surface area contributed by atoms with Gasteiger partial charge in [-0.05, 0) is 36.1 Å². The van der Waals surface area contributed by atoms with Crippen molar-refractivity contribution in [3.63, 3.8) is 0 Å². The van der Waals surface area contributed by atoms with Crippen LogP contribution in [0, 0.1) is 6.92 Å². The van der Waals surface area contributed by atoms with Crippen LogP contribution in [0.25, 0.3) is 0 Å². The number of benzene rings is 1. The van der Waals surface area contributed by atoms with Crippen molar-refractivity contribution in [3.8, 4) is 5.75 Å². The number of ether oxygens (including phenoxy) is 1. The van der Waals surface area contributed by atoms with E-state index < -0.39 is 0 Å². The van der Waals surface area contributed by atoms with Gasteiger partial charge in [0.15, 0.2) is 11.6 Å². The minimum Gasteiger partial charge on any atom is -0.485 e. The first-order valence-electron chi connectivity index (χ1n) is 6.51. The highest BCUT2D eigenvalue weighted by Gasteiger charge is 2.03. The van der Waals surface area contributed by atoms with E-state index in [-0.39, 0.29) is 0 Å². The highest BCUT2D eigenvalue weighted by molar-refractivity contribution is 5.46. The smallest absolute Gasteiger partial charge is 0.166 e. The van der Waals surface area contributed by atoms with Crippen LogP contribution in [0.3, 0.4) is 0 Å². The van der Waals surface area contributed by atoms with Gasteiger partial charge in [0.25, 0.3) is 0 Å². The first-order chi connectivity index (χ1) is 9.06. The lowest BCUT2D eigenvalue weighted by molar-refractivity contribution is 0.307. The normalized spacial score (nSPS) is 10.7. The molecular weight excluding hydrogens is 236 g/mol. The fourth-order valence-corrected chi connectivity index (χ4v) is 1.85. The molecule has 1 aromatic heterocycles. The predicted octanol–water partition coefficient (Wildman–Crippen LogP) is 3.67. The molecule has 3 nitrogen and oxygen atoms in total. The van der Waals surface area contributed by atoms with E-state index in [1.165, 1.54) is 5.56 Å². The Morgan fingerprint density at radius 2 is 1.79 bits per heavy atom. The summed E-state index contributed by atoms with van der Waals surface area (Å²) in [4.78, 5) is 4.18. The lowest BCUT2D eigenvalue weighted by Gasteiger charge is -2.10. The Bertz CT molecular complexity index is 547. The second-order valence-electron chi connectivity index (χ2n) is 5.02. The summed E-state index contributed by atoms with van der Waals surface area (Å²) in [5, 5.41) is 0. The van der Waals surface area contributed by atoms with Crippen molar-refractivity contribution in [1.82, 2.24) is 4.98 Å². The minimum atomic E-state index is 0.443. The van der Waals surface area contributed by atoms with Crippen molar-refractivity contribution in [2.75, 3.05) is 5.73 Å². The fourth-order valence-electron chi connectivity index (χ4n) is 1.85. The highest BCUT2D eigenvalue weighted by Crippen LogP contribution is 2.21. The number of nitrogens with two attached hydrogens (primary N) is 1. The number of hydrogen-bond donors (Lipinski definition) is 1. The van der Waals surface area contributed by atoms with Crippen LogP contribution < -0.4 is 10.5 Å². The van der Waals surface area contributed by atoms with Gasteiger partial charge in [0.05, 0.1) is 0 Å². The number of nitrogens with zero attached hydrogens (tertiary/aromatic N) is 1. The Labute approximate surface area is 114 Å². The monoisotopic (exact) mass is 256 g/mol. The molecule has 3 heteroatoms. The molecular formula is C16H20N2O. The Balaban J connectivity index is 2.02. The van der Waals surface area contributed by atoms with Gasteiger partial charge in [0.1, 0.15) is 6.61 Å². The van der Waals surface area contributed by atoms with Gasteiger partial charge in [0, 0.05) is 5.69 Å². The maximum atomic E-state index is 5.81. The number of anilines is 1. The van der Waals surface area contributed by atoms with Crippen LogP contribution in [0.5, 0.6) is 5.75 Å². The molecule has 0 saturated heterocycles. The molecule has 0 aliphatic heterocycles. The van der Waals surface area contributed by atoms with E-state index in [9.17, 15) is 0 Å². The lowest BCUT2D eigenvalue weighted by Crippen LogP contribution is -2.01. The summed E-state index contributed by atoms with van der Waals surface area (Å²) in [6, 6.07) is 12.2. The van der Waals surface area contributed by atoms with Gasteiger partial charge in [-0.1, -0.05) is 38.1 Å². The van der Waals surface area contributed by atoms with E-state index in [2.05, 4.69) is 43.1 Å². The number of aryl methyl sites for hydroxylation is 1. The topological polar surface area (TPSA) is 48.1 Å². The third-order valence-corrected chi connectivity index (χ3v) is 3.07. The molecule has 1 heterocycles. The average molecular weight is 256 g/mol. The Kier molecular flexibility index (Phi) is 4.05. The first-order valence-corrected chi connectivity index (χ1v) is 6.51. The van der Waals surface area contributed by atoms with Gasteiger partial charge in [-0.15, -0.1) is 0 Å². The maximum absolute atomic E-state index is 5.81. The van der Waals surface area contributed by atoms with E-state index in [1.807, 2.05) is 19.1 Å². The summed E-state index contributed by atoms with van der Waals surface area (Å²) < 4.78 is 5.69. The van der Waals surface area contributed by atoms with Gasteiger partial charge in [-0.2, -0.15) is 0 Å². The fraction of sp³-hybridized carbons (Fsp3) is 0.312. The molecule has 0 bridgehead atoms. The molecule has 19 heavy (non-hydrogen) atoms. The summed E-state index contributed by atoms with van der Waals surface area (Å²) in [7, 11) is 0. The number of pyridine rings is 1. The van der Waals surface area contributed by atoms with Crippen LogP contribution in [0.1, 0.15) is 36.6 Å². The largest absolute Gasteiger partial charge is 0.485 e. The lowest BCUT2D eigenvalue weighted by atomic mass is 10.0. The molecule has 0 aliphatic rings. The SMILES string of the molecule is Cc1ccc(OCc2ccc(C(C)C)cc2)c(N)n1. The predicted molar refractivity (Wildman–Crippen MR) is 78.2 cm³/mol. The summed E-state index contributed by atoms with van der Waals surface area (Å²) in [5.41, 5.74) is 9.17. The first kappa shape index (κ1) is 13.4. The summed E-state index contributed by atoms with van der Waals surface area (Å²) in [6.07, 6.45) is 0. The second-order valence-corrected chi connectivity index (χ2v) is 5.02. The van der Waals surface area contributed by atoms with Gasteiger partial charge in [-0.25, -0.2) is 4.98 Å². The zero-order chi connectivity index (χ0) is 13.8. The van der Waals surface area contributed by atoms with Crippen molar-refractivity contribution in [1.29, 1.82) is 0 Å². The molecule has 0 saturated carbocycles. The molecule has 0 radical (unpaired) electrons. The van der Waals surface area contributed by atoms with E-state index in [0.717, 1.165) is 11.3 Å². The third-order valence-electron chi connectivity index (χ3n) is 3.07. The van der Waals surface area contributed by atoms with Crippen molar-refractivity contribution in [2.24, 2.45) is 0 Å². The Morgan fingerprint density at radius 3 is 2.37 bits per heavy atom. The molecule has 1 aromatic carbocycles. The molecule has 0 amide bonds. The third kappa shape index (κ3) is 3.47. The summed E-state index contributed by atoms with van der Waals surface area (Å²) in [5.74, 6) is 1.63. The zero-order valence-electron chi connectivity index (χ0n) is 11.7. The summed E-state index contributed by atoms with van der Waals surface area (Å²) in [6.45, 7) is 6.78.